The van der Waals surface area contributed by atoms with Crippen molar-refractivity contribution in [3.05, 3.63) is 100 Å². The molecule has 4 aromatic rings. The molecule has 0 spiro atoms. The fourth-order valence-corrected chi connectivity index (χ4v) is 3.21. The largest absolute Gasteiger partial charge is 0.335 e. The van der Waals surface area contributed by atoms with Gasteiger partial charge in [-0.1, -0.05) is 42.5 Å². The Kier molecular flexibility index (Phi) is 5.35. The summed E-state index contributed by atoms with van der Waals surface area (Å²) in [4.78, 5) is 32.1. The summed E-state index contributed by atoms with van der Waals surface area (Å²) in [6, 6.07) is 21.9. The van der Waals surface area contributed by atoms with Gasteiger partial charge in [0.25, 0.3) is 5.91 Å². The van der Waals surface area contributed by atoms with E-state index in [2.05, 4.69) is 31.2 Å². The molecular formula is C23H16BrN3O2. The second kappa shape index (κ2) is 8.24. The molecule has 0 bridgehead atoms. The Hall–Kier alpha value is -3.51. The third-order valence-corrected chi connectivity index (χ3v) is 5.04. The summed E-state index contributed by atoms with van der Waals surface area (Å²) >= 11 is 3.41. The average molecular weight is 446 g/mol. The normalized spacial score (nSPS) is 11.1. The Morgan fingerprint density at radius 2 is 1.66 bits per heavy atom. The minimum absolute atomic E-state index is 0.203. The molecule has 29 heavy (non-hydrogen) atoms. The first-order chi connectivity index (χ1) is 14.1. The van der Waals surface area contributed by atoms with Crippen LogP contribution < -0.4 is 5.32 Å². The van der Waals surface area contributed by atoms with Crippen LogP contribution in [0.25, 0.3) is 17.1 Å². The zero-order valence-corrected chi connectivity index (χ0v) is 16.8. The Morgan fingerprint density at radius 1 is 0.931 bits per heavy atom. The maximum Gasteiger partial charge on any atom is 0.255 e. The minimum Gasteiger partial charge on any atom is -0.335 e. The van der Waals surface area contributed by atoms with Crippen LogP contribution in [-0.2, 0) is 0 Å². The first-order valence-electron chi connectivity index (χ1n) is 8.93. The highest BCUT2D eigenvalue weighted by Crippen LogP contribution is 2.22. The second-order valence-electron chi connectivity index (χ2n) is 6.36. The molecule has 0 saturated carbocycles. The van der Waals surface area contributed by atoms with Crippen LogP contribution in [0.3, 0.4) is 0 Å². The van der Waals surface area contributed by atoms with Crippen LogP contribution in [0.4, 0.5) is 5.69 Å². The van der Waals surface area contributed by atoms with Crippen molar-refractivity contribution in [3.8, 4) is 0 Å². The van der Waals surface area contributed by atoms with Crippen molar-refractivity contribution in [2.24, 2.45) is 0 Å². The number of hydrogen-bond acceptors (Lipinski definition) is 3. The minimum atomic E-state index is -0.211. The topological polar surface area (TPSA) is 74.8 Å². The molecule has 0 unspecified atom stereocenters. The van der Waals surface area contributed by atoms with Gasteiger partial charge >= 0.3 is 0 Å². The number of amides is 1. The Bertz CT molecular complexity index is 1190. The number of carbonyl (C=O) groups excluding carboxylic acids is 2. The fraction of sp³-hybridized carbons (Fsp3) is 0. The van der Waals surface area contributed by atoms with E-state index in [0.717, 1.165) is 21.1 Å². The van der Waals surface area contributed by atoms with E-state index in [0.29, 0.717) is 17.1 Å². The highest BCUT2D eigenvalue weighted by Gasteiger charge is 2.09. The zero-order valence-electron chi connectivity index (χ0n) is 15.2. The molecule has 0 fully saturated rings. The molecule has 0 saturated heterocycles. The van der Waals surface area contributed by atoms with Crippen molar-refractivity contribution in [3.63, 3.8) is 0 Å². The number of imidazole rings is 1. The predicted octanol–water partition coefficient (Wildman–Crippen LogP) is 5.47. The number of nitrogens with zero attached hydrogens (tertiary/aromatic N) is 1. The number of halogens is 1. The first-order valence-corrected chi connectivity index (χ1v) is 9.72. The number of rotatable bonds is 5. The van der Waals surface area contributed by atoms with Crippen LogP contribution in [0.2, 0.25) is 0 Å². The van der Waals surface area contributed by atoms with Crippen LogP contribution in [0.1, 0.15) is 26.5 Å². The maximum absolute atomic E-state index is 12.4. The summed E-state index contributed by atoms with van der Waals surface area (Å²) in [6.07, 6.45) is 3.17. The van der Waals surface area contributed by atoms with Gasteiger partial charge in [0.05, 0.1) is 16.7 Å². The number of allylic oxidation sites excluding steroid dienone is 1. The molecule has 1 amide bonds. The van der Waals surface area contributed by atoms with Crippen LogP contribution in [0, 0.1) is 0 Å². The number of aromatic amines is 1. The molecule has 1 heterocycles. The summed E-state index contributed by atoms with van der Waals surface area (Å²) in [5.74, 6) is -0.116. The van der Waals surface area contributed by atoms with Crippen molar-refractivity contribution >= 4 is 50.4 Å². The van der Waals surface area contributed by atoms with E-state index in [1.807, 2.05) is 48.5 Å². The molecule has 4 rings (SSSR count). The molecule has 142 valence electrons. The molecule has 3 aromatic carbocycles. The Balaban J connectivity index is 1.44. The monoisotopic (exact) mass is 445 g/mol. The molecule has 2 N–H and O–H groups in total. The number of aromatic nitrogens is 2. The molecule has 0 radical (unpaired) electrons. The summed E-state index contributed by atoms with van der Waals surface area (Å²) in [5.41, 5.74) is 3.63. The first kappa shape index (κ1) is 18.8. The van der Waals surface area contributed by atoms with Crippen LogP contribution in [0.5, 0.6) is 0 Å². The number of carbonyl (C=O) groups is 2. The van der Waals surface area contributed by atoms with Gasteiger partial charge in [-0.2, -0.15) is 0 Å². The Labute approximate surface area is 175 Å². The van der Waals surface area contributed by atoms with Gasteiger partial charge in [0.2, 0.25) is 5.78 Å². The fourth-order valence-electron chi connectivity index (χ4n) is 2.82. The van der Waals surface area contributed by atoms with Crippen molar-refractivity contribution in [2.45, 2.75) is 0 Å². The maximum atomic E-state index is 12.4. The molecular weight excluding hydrogens is 430 g/mol. The highest BCUT2D eigenvalue weighted by atomic mass is 79.9. The van der Waals surface area contributed by atoms with Gasteiger partial charge < -0.3 is 10.3 Å². The summed E-state index contributed by atoms with van der Waals surface area (Å²) in [7, 11) is 0. The number of nitrogens with one attached hydrogen (secondary N) is 2. The lowest BCUT2D eigenvalue weighted by molar-refractivity contribution is 0.102. The van der Waals surface area contributed by atoms with Crippen LogP contribution >= 0.6 is 15.9 Å². The van der Waals surface area contributed by atoms with Crippen molar-refractivity contribution in [1.82, 2.24) is 9.97 Å². The third-order valence-electron chi connectivity index (χ3n) is 4.34. The van der Waals surface area contributed by atoms with E-state index in [9.17, 15) is 9.59 Å². The molecule has 0 aliphatic heterocycles. The van der Waals surface area contributed by atoms with E-state index >= 15 is 0 Å². The molecule has 5 nitrogen and oxygen atoms in total. The quantitative estimate of drug-likeness (QED) is 0.315. The number of hydrogen-bond donors (Lipinski definition) is 2. The molecule has 0 aliphatic carbocycles. The molecule has 6 heteroatoms. The molecule has 0 atom stereocenters. The van der Waals surface area contributed by atoms with Crippen molar-refractivity contribution in [1.29, 1.82) is 0 Å². The van der Waals surface area contributed by atoms with Gasteiger partial charge in [-0.3, -0.25) is 9.59 Å². The third kappa shape index (κ3) is 4.33. The lowest BCUT2D eigenvalue weighted by Gasteiger charge is -2.07. The van der Waals surface area contributed by atoms with E-state index in [-0.39, 0.29) is 11.7 Å². The van der Waals surface area contributed by atoms with Gasteiger partial charge in [-0.25, -0.2) is 4.98 Å². The van der Waals surface area contributed by atoms with Gasteiger partial charge in [-0.05, 0) is 64.0 Å². The standard InChI is InChI=1S/C23H16BrN3O2/c24-17-5-1-2-6-18(17)27-23(29)16-12-9-15(10-13-16)11-14-21(28)22-25-19-7-3-4-8-20(19)26-22/h1-14H,(H,25,26)(H,27,29). The number of anilines is 1. The van der Waals surface area contributed by atoms with E-state index in [1.165, 1.54) is 6.08 Å². The second-order valence-corrected chi connectivity index (χ2v) is 7.21. The number of H-pyrrole nitrogens is 1. The van der Waals surface area contributed by atoms with E-state index in [4.69, 9.17) is 0 Å². The summed E-state index contributed by atoms with van der Waals surface area (Å²) < 4.78 is 0.817. The van der Waals surface area contributed by atoms with Gasteiger partial charge in [0.15, 0.2) is 5.82 Å². The highest BCUT2D eigenvalue weighted by molar-refractivity contribution is 9.10. The number of fused-ring (bicyclic) bond motifs is 1. The number of para-hydroxylation sites is 3. The lowest BCUT2D eigenvalue weighted by Crippen LogP contribution is -2.12. The van der Waals surface area contributed by atoms with E-state index < -0.39 is 0 Å². The SMILES string of the molecule is O=C(Nc1ccccc1Br)c1ccc(C=CC(=O)c2nc3ccccc3[nH]2)cc1. The van der Waals surface area contributed by atoms with Gasteiger partial charge in [0.1, 0.15) is 0 Å². The van der Waals surface area contributed by atoms with E-state index in [1.54, 1.807) is 30.3 Å². The average Bonchev–Trinajstić information content (AvgIpc) is 3.18. The van der Waals surface area contributed by atoms with Crippen molar-refractivity contribution in [2.75, 3.05) is 5.32 Å². The summed E-state index contributed by atoms with van der Waals surface area (Å²) in [5, 5.41) is 2.86. The van der Waals surface area contributed by atoms with Crippen LogP contribution in [0.15, 0.2) is 83.3 Å². The summed E-state index contributed by atoms with van der Waals surface area (Å²) in [6.45, 7) is 0. The molecule has 1 aromatic heterocycles. The zero-order chi connectivity index (χ0) is 20.2. The van der Waals surface area contributed by atoms with Crippen molar-refractivity contribution < 1.29 is 9.59 Å². The van der Waals surface area contributed by atoms with Gasteiger partial charge in [0, 0.05) is 10.0 Å². The smallest absolute Gasteiger partial charge is 0.255 e. The van der Waals surface area contributed by atoms with Crippen LogP contribution in [-0.4, -0.2) is 21.7 Å². The number of ketones is 1. The lowest BCUT2D eigenvalue weighted by atomic mass is 10.1. The van der Waals surface area contributed by atoms with Gasteiger partial charge in [-0.15, -0.1) is 0 Å². The number of benzene rings is 3. The predicted molar refractivity (Wildman–Crippen MR) is 118 cm³/mol. The molecule has 0 aliphatic rings. The Morgan fingerprint density at radius 3 is 2.41 bits per heavy atom.